The van der Waals surface area contributed by atoms with Crippen molar-refractivity contribution in [3.63, 3.8) is 0 Å². The van der Waals surface area contributed by atoms with Crippen LogP contribution in [0.5, 0.6) is 5.75 Å². The summed E-state index contributed by atoms with van der Waals surface area (Å²) in [6.07, 6.45) is 2.25. The van der Waals surface area contributed by atoms with Crippen LogP contribution < -0.4 is 4.74 Å². The van der Waals surface area contributed by atoms with Crippen LogP contribution in [0.2, 0.25) is 0 Å². The lowest BCUT2D eigenvalue weighted by Crippen LogP contribution is -2.54. The zero-order chi connectivity index (χ0) is 12.0. The second kappa shape index (κ2) is 3.97. The monoisotopic (exact) mass is 298 g/mol. The predicted molar refractivity (Wildman–Crippen MR) is 67.1 cm³/mol. The van der Waals surface area contributed by atoms with E-state index in [1.807, 2.05) is 18.2 Å². The van der Waals surface area contributed by atoms with E-state index in [9.17, 15) is 5.11 Å². The fourth-order valence-electron chi connectivity index (χ4n) is 2.80. The molecule has 2 aliphatic rings. The summed E-state index contributed by atoms with van der Waals surface area (Å²) < 4.78 is 12.3. The number of hydrogen-bond acceptors (Lipinski definition) is 3. The second-order valence-corrected chi connectivity index (χ2v) is 5.87. The maximum atomic E-state index is 10.2. The van der Waals surface area contributed by atoms with E-state index in [1.54, 1.807) is 7.11 Å². The van der Waals surface area contributed by atoms with E-state index in [4.69, 9.17) is 9.47 Å². The summed E-state index contributed by atoms with van der Waals surface area (Å²) in [5, 5.41) is 10.2. The molecule has 1 fully saturated rings. The topological polar surface area (TPSA) is 38.7 Å². The average Bonchev–Trinajstić information content (AvgIpc) is 2.24. The van der Waals surface area contributed by atoms with E-state index in [0.717, 1.165) is 28.6 Å². The first-order chi connectivity index (χ1) is 8.12. The SMILES string of the molecule is COC1CC2(C1)CC(O)c1ccc(Br)cc1O2. The molecule has 0 radical (unpaired) electrons. The number of fused-ring (bicyclic) bond motifs is 1. The van der Waals surface area contributed by atoms with Crippen LogP contribution in [-0.2, 0) is 4.74 Å². The van der Waals surface area contributed by atoms with E-state index >= 15 is 0 Å². The molecule has 1 saturated carbocycles. The lowest BCUT2D eigenvalue weighted by molar-refractivity contribution is -0.139. The highest BCUT2D eigenvalue weighted by Crippen LogP contribution is 2.50. The molecule has 0 saturated heterocycles. The van der Waals surface area contributed by atoms with E-state index in [2.05, 4.69) is 15.9 Å². The van der Waals surface area contributed by atoms with Crippen molar-refractivity contribution < 1.29 is 14.6 Å². The Morgan fingerprint density at radius 3 is 2.88 bits per heavy atom. The summed E-state index contributed by atoms with van der Waals surface area (Å²) in [4.78, 5) is 0. The van der Waals surface area contributed by atoms with Gasteiger partial charge < -0.3 is 14.6 Å². The summed E-state index contributed by atoms with van der Waals surface area (Å²) in [6, 6.07) is 5.78. The van der Waals surface area contributed by atoms with E-state index in [1.165, 1.54) is 0 Å². The highest BCUT2D eigenvalue weighted by molar-refractivity contribution is 9.10. The van der Waals surface area contributed by atoms with Crippen molar-refractivity contribution in [1.29, 1.82) is 0 Å². The van der Waals surface area contributed by atoms with Gasteiger partial charge in [0.1, 0.15) is 11.4 Å². The highest BCUT2D eigenvalue weighted by atomic mass is 79.9. The summed E-state index contributed by atoms with van der Waals surface area (Å²) in [5.41, 5.74) is 0.674. The van der Waals surface area contributed by atoms with Gasteiger partial charge in [-0.15, -0.1) is 0 Å². The third-order valence-corrected chi connectivity index (χ3v) is 4.25. The second-order valence-electron chi connectivity index (χ2n) is 4.95. The minimum atomic E-state index is -0.426. The number of aliphatic hydroxyl groups excluding tert-OH is 1. The van der Waals surface area contributed by atoms with Gasteiger partial charge >= 0.3 is 0 Å². The Labute approximate surface area is 109 Å². The van der Waals surface area contributed by atoms with Gasteiger partial charge in [-0.05, 0) is 12.1 Å². The summed E-state index contributed by atoms with van der Waals surface area (Å²) in [5.74, 6) is 0.799. The number of halogens is 1. The van der Waals surface area contributed by atoms with E-state index in [0.29, 0.717) is 6.42 Å². The summed E-state index contributed by atoms with van der Waals surface area (Å²) in [7, 11) is 1.72. The van der Waals surface area contributed by atoms with Crippen LogP contribution in [0, 0.1) is 0 Å². The number of aliphatic hydroxyl groups is 1. The molecule has 3 rings (SSSR count). The molecule has 1 aliphatic carbocycles. The fourth-order valence-corrected chi connectivity index (χ4v) is 3.14. The molecule has 17 heavy (non-hydrogen) atoms. The largest absolute Gasteiger partial charge is 0.487 e. The van der Waals surface area contributed by atoms with Gasteiger partial charge in [-0.1, -0.05) is 22.0 Å². The maximum absolute atomic E-state index is 10.2. The van der Waals surface area contributed by atoms with Crippen molar-refractivity contribution in [2.45, 2.75) is 37.1 Å². The van der Waals surface area contributed by atoms with Crippen molar-refractivity contribution in [2.24, 2.45) is 0 Å². The Balaban J connectivity index is 1.88. The maximum Gasteiger partial charge on any atom is 0.127 e. The number of ether oxygens (including phenoxy) is 2. The Kier molecular flexibility index (Phi) is 2.69. The molecule has 4 heteroatoms. The summed E-state index contributed by atoms with van der Waals surface area (Å²) >= 11 is 3.43. The highest BCUT2D eigenvalue weighted by Gasteiger charge is 2.50. The zero-order valence-corrected chi connectivity index (χ0v) is 11.2. The first-order valence-electron chi connectivity index (χ1n) is 5.81. The zero-order valence-electron chi connectivity index (χ0n) is 9.65. The fraction of sp³-hybridized carbons (Fsp3) is 0.538. The molecule has 1 aromatic carbocycles. The lowest BCUT2D eigenvalue weighted by Gasteiger charge is -2.50. The molecule has 1 N–H and O–H groups in total. The van der Waals surface area contributed by atoms with Crippen LogP contribution in [0.3, 0.4) is 0 Å². The molecule has 0 bridgehead atoms. The Morgan fingerprint density at radius 1 is 1.41 bits per heavy atom. The standard InChI is InChI=1S/C13H15BrO3/c1-16-9-5-13(6-9)7-11(15)10-3-2-8(14)4-12(10)17-13/h2-4,9,11,15H,5-7H2,1H3. The molecule has 1 spiro atoms. The van der Waals surface area contributed by atoms with Gasteiger partial charge in [0, 0.05) is 36.4 Å². The molecule has 1 aliphatic heterocycles. The van der Waals surface area contributed by atoms with Crippen molar-refractivity contribution >= 4 is 15.9 Å². The van der Waals surface area contributed by atoms with Crippen molar-refractivity contribution in [3.8, 4) is 5.75 Å². The first kappa shape index (κ1) is 11.5. The molecular formula is C13H15BrO3. The van der Waals surface area contributed by atoms with E-state index in [-0.39, 0.29) is 11.7 Å². The third-order valence-electron chi connectivity index (χ3n) is 3.76. The van der Waals surface area contributed by atoms with Gasteiger partial charge in [0.2, 0.25) is 0 Å². The number of methoxy groups -OCH3 is 1. The molecule has 92 valence electrons. The van der Waals surface area contributed by atoms with Crippen molar-refractivity contribution in [1.82, 2.24) is 0 Å². The molecule has 0 aromatic heterocycles. The summed E-state index contributed by atoms with van der Waals surface area (Å²) in [6.45, 7) is 0. The molecule has 1 atom stereocenters. The van der Waals surface area contributed by atoms with Gasteiger partial charge in [0.25, 0.3) is 0 Å². The molecular weight excluding hydrogens is 284 g/mol. The van der Waals surface area contributed by atoms with E-state index < -0.39 is 6.10 Å². The van der Waals surface area contributed by atoms with Gasteiger partial charge in [0.15, 0.2) is 0 Å². The number of hydrogen-bond donors (Lipinski definition) is 1. The van der Waals surface area contributed by atoms with Crippen LogP contribution in [0.1, 0.15) is 30.9 Å². The first-order valence-corrected chi connectivity index (χ1v) is 6.60. The predicted octanol–water partition coefficient (Wildman–Crippen LogP) is 2.81. The van der Waals surface area contributed by atoms with Crippen LogP contribution in [-0.4, -0.2) is 23.9 Å². The molecule has 0 amide bonds. The molecule has 3 nitrogen and oxygen atoms in total. The smallest absolute Gasteiger partial charge is 0.127 e. The van der Waals surface area contributed by atoms with Crippen molar-refractivity contribution in [2.75, 3.05) is 7.11 Å². The number of rotatable bonds is 1. The molecule has 1 aromatic rings. The Morgan fingerprint density at radius 2 is 2.18 bits per heavy atom. The average molecular weight is 299 g/mol. The minimum Gasteiger partial charge on any atom is -0.487 e. The third kappa shape index (κ3) is 1.88. The van der Waals surface area contributed by atoms with Crippen LogP contribution >= 0.6 is 15.9 Å². The Bertz CT molecular complexity index is 440. The van der Waals surface area contributed by atoms with Gasteiger partial charge in [-0.25, -0.2) is 0 Å². The quantitative estimate of drug-likeness (QED) is 0.866. The normalized spacial score (nSPS) is 35.0. The molecule has 1 unspecified atom stereocenters. The van der Waals surface area contributed by atoms with Crippen LogP contribution in [0.25, 0.3) is 0 Å². The Hall–Kier alpha value is -0.580. The number of benzene rings is 1. The molecule has 1 heterocycles. The van der Waals surface area contributed by atoms with Gasteiger partial charge in [0.05, 0.1) is 12.2 Å². The van der Waals surface area contributed by atoms with Crippen LogP contribution in [0.15, 0.2) is 22.7 Å². The van der Waals surface area contributed by atoms with Crippen molar-refractivity contribution in [3.05, 3.63) is 28.2 Å². The van der Waals surface area contributed by atoms with Gasteiger partial charge in [-0.2, -0.15) is 0 Å². The minimum absolute atomic E-state index is 0.214. The lowest BCUT2D eigenvalue weighted by atomic mass is 9.71. The van der Waals surface area contributed by atoms with Crippen LogP contribution in [0.4, 0.5) is 0 Å². The van der Waals surface area contributed by atoms with Gasteiger partial charge in [-0.3, -0.25) is 0 Å².